The first-order valence-electron chi connectivity index (χ1n) is 16.5. The van der Waals surface area contributed by atoms with Gasteiger partial charge < -0.3 is 9.22 Å². The molecule has 1 aromatic heterocycles. The molecule has 4 heterocycles. The molecular weight excluding hydrogens is 536 g/mol. The van der Waals surface area contributed by atoms with E-state index in [4.69, 9.17) is 9.72 Å². The highest BCUT2D eigenvalue weighted by Gasteiger charge is 2.55. The highest BCUT2D eigenvalue weighted by Crippen LogP contribution is 2.50. The minimum absolute atomic E-state index is 0.0232. The maximum Gasteiger partial charge on any atom is 0.135 e. The lowest BCUT2D eigenvalue weighted by Gasteiger charge is -2.59. The van der Waals surface area contributed by atoms with E-state index in [2.05, 4.69) is 122 Å². The third-order valence-corrected chi connectivity index (χ3v) is 10.9. The number of hydrogen-bond donors (Lipinski definition) is 0. The number of benzene rings is 5. The van der Waals surface area contributed by atoms with Gasteiger partial charge in [0.15, 0.2) is 0 Å². The zero-order valence-electron chi connectivity index (χ0n) is 25.6. The first-order valence-corrected chi connectivity index (χ1v) is 16.5. The van der Waals surface area contributed by atoms with Crippen LogP contribution in [0.2, 0.25) is 0 Å². The van der Waals surface area contributed by atoms with Crippen molar-refractivity contribution in [3.05, 3.63) is 138 Å². The Morgan fingerprint density at radius 3 is 2.23 bits per heavy atom. The number of piperidine rings is 3. The van der Waals surface area contributed by atoms with Crippen LogP contribution in [0, 0.1) is 11.8 Å². The molecular formula is C41H41N2O+. The van der Waals surface area contributed by atoms with Crippen molar-refractivity contribution in [1.29, 1.82) is 0 Å². The molecule has 2 bridgehead atoms. The summed E-state index contributed by atoms with van der Waals surface area (Å²) < 4.78 is 8.26. The van der Waals surface area contributed by atoms with E-state index in [0.717, 1.165) is 28.4 Å². The summed E-state index contributed by atoms with van der Waals surface area (Å²) in [4.78, 5) is 4.75. The van der Waals surface area contributed by atoms with Crippen LogP contribution in [0.3, 0.4) is 0 Å². The number of hydrogen-bond acceptors (Lipinski definition) is 2. The van der Waals surface area contributed by atoms with Crippen LogP contribution in [0.15, 0.2) is 121 Å². The van der Waals surface area contributed by atoms with Crippen LogP contribution in [-0.4, -0.2) is 28.6 Å². The Hall–Kier alpha value is -4.05. The summed E-state index contributed by atoms with van der Waals surface area (Å²) in [6.07, 6.45) is 5.73. The predicted molar refractivity (Wildman–Crippen MR) is 181 cm³/mol. The van der Waals surface area contributed by atoms with Crippen molar-refractivity contribution in [3.8, 4) is 0 Å². The number of nitrogens with zero attached hydrogens (tertiary/aromatic N) is 2. The van der Waals surface area contributed by atoms with Crippen molar-refractivity contribution < 1.29 is 9.22 Å². The fourth-order valence-corrected chi connectivity index (χ4v) is 8.77. The number of aromatic nitrogens is 1. The summed E-state index contributed by atoms with van der Waals surface area (Å²) in [5.41, 5.74) is 5.06. The summed E-state index contributed by atoms with van der Waals surface area (Å²) in [5, 5.41) is 6.69. The van der Waals surface area contributed by atoms with Crippen molar-refractivity contribution in [1.82, 2.24) is 4.98 Å². The topological polar surface area (TPSA) is 22.1 Å². The van der Waals surface area contributed by atoms with Crippen molar-refractivity contribution >= 4 is 32.4 Å². The maximum absolute atomic E-state index is 7.18. The van der Waals surface area contributed by atoms with Crippen LogP contribution >= 0.6 is 0 Å². The van der Waals surface area contributed by atoms with Gasteiger partial charge in [-0.2, -0.15) is 0 Å². The molecule has 0 spiro atoms. The molecule has 5 atom stereocenters. The predicted octanol–water partition coefficient (Wildman–Crippen LogP) is 9.63. The van der Waals surface area contributed by atoms with Gasteiger partial charge in [0.1, 0.15) is 18.7 Å². The second kappa shape index (κ2) is 11.5. The molecule has 220 valence electrons. The molecule has 9 rings (SSSR count). The van der Waals surface area contributed by atoms with E-state index in [9.17, 15) is 0 Å². The van der Waals surface area contributed by atoms with Gasteiger partial charge in [-0.25, -0.2) is 0 Å². The number of ether oxygens (including phenoxy) is 1. The van der Waals surface area contributed by atoms with Crippen LogP contribution in [0.25, 0.3) is 32.4 Å². The van der Waals surface area contributed by atoms with Crippen LogP contribution in [0.1, 0.15) is 49.0 Å². The van der Waals surface area contributed by atoms with E-state index in [1.807, 2.05) is 6.20 Å². The zero-order valence-corrected chi connectivity index (χ0v) is 25.6. The molecule has 3 aliphatic rings. The van der Waals surface area contributed by atoms with Crippen LogP contribution < -0.4 is 0 Å². The van der Waals surface area contributed by atoms with Gasteiger partial charge in [-0.05, 0) is 63.2 Å². The number of fused-ring (bicyclic) bond motifs is 6. The molecule has 0 amide bonds. The first kappa shape index (κ1) is 27.5. The molecule has 44 heavy (non-hydrogen) atoms. The molecule has 6 aromatic rings. The van der Waals surface area contributed by atoms with Crippen molar-refractivity contribution in [3.63, 3.8) is 0 Å². The van der Waals surface area contributed by atoms with Gasteiger partial charge in [0, 0.05) is 35.9 Å². The summed E-state index contributed by atoms with van der Waals surface area (Å²) in [5.74, 6) is 1.51. The minimum atomic E-state index is -0.0232. The van der Waals surface area contributed by atoms with Crippen molar-refractivity contribution in [2.75, 3.05) is 13.1 Å². The Kier molecular flexibility index (Phi) is 7.16. The molecule has 0 radical (unpaired) electrons. The van der Waals surface area contributed by atoms with Gasteiger partial charge in [0.05, 0.1) is 25.2 Å². The van der Waals surface area contributed by atoms with Gasteiger partial charge >= 0.3 is 0 Å². The highest BCUT2D eigenvalue weighted by atomic mass is 16.5. The standard InChI is InChI=1S/C41H41N2O/c1-2-30-26-43(27-38-34-16-8-6-14-32(34)24-33-15-7-9-17-35(33)38)23-21-31(30)25-40(43)41(44-28-29-12-4-3-5-13-29)37-20-22-42-39-19-11-10-18-36(37)39/h3-20,22,24,30-31,40-41H,2,21,23,25-28H2,1H3/q+1/t30-,31-,40+,41+,43-/m0/s1. The molecule has 0 unspecified atom stereocenters. The molecule has 3 nitrogen and oxygen atoms in total. The Morgan fingerprint density at radius 1 is 0.795 bits per heavy atom. The molecule has 0 aliphatic carbocycles. The van der Waals surface area contributed by atoms with E-state index in [0.29, 0.717) is 12.6 Å². The van der Waals surface area contributed by atoms with Crippen molar-refractivity contribution in [2.24, 2.45) is 11.8 Å². The van der Waals surface area contributed by atoms with Crippen LogP contribution in [0.4, 0.5) is 0 Å². The summed E-state index contributed by atoms with van der Waals surface area (Å²) >= 11 is 0. The lowest BCUT2D eigenvalue weighted by Crippen LogP contribution is -2.67. The van der Waals surface area contributed by atoms with E-state index in [1.165, 1.54) is 76.0 Å². The van der Waals surface area contributed by atoms with E-state index >= 15 is 0 Å². The Morgan fingerprint density at radius 2 is 1.48 bits per heavy atom. The number of quaternary nitrogens is 1. The fourth-order valence-electron chi connectivity index (χ4n) is 8.77. The van der Waals surface area contributed by atoms with Crippen LogP contribution in [0.5, 0.6) is 0 Å². The highest BCUT2D eigenvalue weighted by molar-refractivity contribution is 6.02. The van der Waals surface area contributed by atoms with Crippen molar-refractivity contribution in [2.45, 2.75) is 51.5 Å². The minimum Gasteiger partial charge on any atom is -0.363 e. The lowest BCUT2D eigenvalue weighted by atomic mass is 9.70. The third kappa shape index (κ3) is 4.80. The average molecular weight is 578 g/mol. The van der Waals surface area contributed by atoms with E-state index < -0.39 is 0 Å². The second-order valence-corrected chi connectivity index (χ2v) is 13.2. The fraction of sp³-hybridized carbons (Fsp3) is 0.293. The van der Waals surface area contributed by atoms with Gasteiger partial charge in [0.25, 0.3) is 0 Å². The smallest absolute Gasteiger partial charge is 0.135 e. The van der Waals surface area contributed by atoms with Gasteiger partial charge in [0.2, 0.25) is 0 Å². The molecule has 3 heteroatoms. The van der Waals surface area contributed by atoms with Gasteiger partial charge in [-0.1, -0.05) is 104 Å². The Balaban J connectivity index is 1.29. The maximum atomic E-state index is 7.18. The number of rotatable bonds is 8. The number of para-hydroxylation sites is 1. The monoisotopic (exact) mass is 577 g/mol. The Labute approximate surface area is 260 Å². The normalized spacial score (nSPS) is 23.8. The summed E-state index contributed by atoms with van der Waals surface area (Å²) in [6.45, 7) is 6.47. The lowest BCUT2D eigenvalue weighted by molar-refractivity contribution is -0.985. The quantitative estimate of drug-likeness (QED) is 0.133. The summed E-state index contributed by atoms with van der Waals surface area (Å²) in [7, 11) is 0. The number of pyridine rings is 1. The molecule has 0 N–H and O–H groups in total. The third-order valence-electron chi connectivity index (χ3n) is 10.9. The summed E-state index contributed by atoms with van der Waals surface area (Å²) in [6, 6.07) is 42.3. The first-order chi connectivity index (χ1) is 21.7. The van der Waals surface area contributed by atoms with Gasteiger partial charge in [-0.3, -0.25) is 4.98 Å². The zero-order chi connectivity index (χ0) is 29.5. The molecule has 3 aliphatic heterocycles. The second-order valence-electron chi connectivity index (χ2n) is 13.2. The SMILES string of the molecule is CC[C@H]1C[N@+]2(Cc3c4ccccc4cc4ccccc34)CC[C@H]1C[C@@H]2[C@H](OCc1ccccc1)c1ccnc2ccccc12. The van der Waals surface area contributed by atoms with E-state index in [1.54, 1.807) is 0 Å². The molecule has 5 aromatic carbocycles. The largest absolute Gasteiger partial charge is 0.363 e. The Bertz CT molecular complexity index is 1880. The molecule has 3 saturated heterocycles. The van der Waals surface area contributed by atoms with E-state index in [-0.39, 0.29) is 6.10 Å². The molecule has 0 saturated carbocycles. The average Bonchev–Trinajstić information content (AvgIpc) is 3.09. The molecule has 3 fully saturated rings. The van der Waals surface area contributed by atoms with Crippen LogP contribution in [-0.2, 0) is 17.9 Å². The van der Waals surface area contributed by atoms with Gasteiger partial charge in [-0.15, -0.1) is 0 Å².